The lowest BCUT2D eigenvalue weighted by molar-refractivity contribution is -0.120. The molecule has 0 fully saturated rings. The van der Waals surface area contributed by atoms with Crippen molar-refractivity contribution in [2.75, 3.05) is 0 Å². The minimum Gasteiger partial charge on any atom is -0.384 e. The summed E-state index contributed by atoms with van der Waals surface area (Å²) in [5.74, 6) is -0.718. The average Bonchev–Trinajstić information content (AvgIpc) is 2.70. The molecule has 8 N–H and O–H groups in total. The van der Waals surface area contributed by atoms with Gasteiger partial charge in [-0.05, 0) is 22.8 Å². The van der Waals surface area contributed by atoms with Crippen molar-refractivity contribution in [3.05, 3.63) is 107 Å². The number of nitrogens with two attached hydrogens (primary N) is 3. The zero-order chi connectivity index (χ0) is 20.3. The second kappa shape index (κ2) is 7.36. The van der Waals surface area contributed by atoms with Crippen molar-refractivity contribution in [1.82, 2.24) is 0 Å². The van der Waals surface area contributed by atoms with Gasteiger partial charge in [0.2, 0.25) is 5.91 Å². The third-order valence-electron chi connectivity index (χ3n) is 4.81. The zero-order valence-electron chi connectivity index (χ0n) is 15.1. The highest BCUT2D eigenvalue weighted by Crippen LogP contribution is 2.39. The molecule has 0 spiro atoms. The average molecular weight is 371 g/mol. The van der Waals surface area contributed by atoms with Crippen molar-refractivity contribution in [3.63, 3.8) is 0 Å². The lowest BCUT2D eigenvalue weighted by Crippen LogP contribution is -2.43. The highest BCUT2D eigenvalue weighted by atomic mass is 16.1. The van der Waals surface area contributed by atoms with Crippen LogP contribution >= 0.6 is 0 Å². The molecule has 3 aromatic rings. The van der Waals surface area contributed by atoms with Gasteiger partial charge in [0.1, 0.15) is 17.1 Å². The van der Waals surface area contributed by atoms with E-state index in [1.807, 2.05) is 30.3 Å². The summed E-state index contributed by atoms with van der Waals surface area (Å²) in [6, 6.07) is 23.0. The van der Waals surface area contributed by atoms with Crippen molar-refractivity contribution in [3.8, 4) is 0 Å². The van der Waals surface area contributed by atoms with Gasteiger partial charge in [-0.1, -0.05) is 72.8 Å². The van der Waals surface area contributed by atoms with Crippen molar-refractivity contribution >= 4 is 17.6 Å². The largest absolute Gasteiger partial charge is 0.384 e. The van der Waals surface area contributed by atoms with Gasteiger partial charge in [-0.25, -0.2) is 0 Å². The number of benzene rings is 3. The summed E-state index contributed by atoms with van der Waals surface area (Å²) in [7, 11) is 0. The number of carbonyl (C=O) groups is 1. The molecule has 0 aromatic heterocycles. The summed E-state index contributed by atoms with van der Waals surface area (Å²) in [5.41, 5.74) is 18.9. The number of amidine groups is 2. The first kappa shape index (κ1) is 18.8. The molecular formula is C22H21N5O. The molecule has 0 saturated carbocycles. The molecule has 6 nitrogen and oxygen atoms in total. The Morgan fingerprint density at radius 2 is 1.18 bits per heavy atom. The molecule has 0 aliphatic rings. The van der Waals surface area contributed by atoms with E-state index in [1.165, 1.54) is 0 Å². The summed E-state index contributed by atoms with van der Waals surface area (Å²) >= 11 is 0. The standard InChI is InChI=1S/C22H21N5O/c23-19(24)14-9-11-17(12-10-14)22(21(27)28,16-6-2-1-3-7-16)18-8-4-5-15(13-18)20(25)26/h1-13H,(H3,23,24)(H3,25,26)(H2,27,28). The maximum atomic E-state index is 13.0. The van der Waals surface area contributed by atoms with E-state index in [0.717, 1.165) is 0 Å². The summed E-state index contributed by atoms with van der Waals surface area (Å²) in [6.07, 6.45) is 0. The first-order valence-electron chi connectivity index (χ1n) is 8.62. The maximum absolute atomic E-state index is 13.0. The van der Waals surface area contributed by atoms with Gasteiger partial charge in [0.05, 0.1) is 0 Å². The van der Waals surface area contributed by atoms with Crippen LogP contribution in [0.15, 0.2) is 78.9 Å². The van der Waals surface area contributed by atoms with Gasteiger partial charge in [-0.2, -0.15) is 0 Å². The van der Waals surface area contributed by atoms with Gasteiger partial charge in [0, 0.05) is 11.1 Å². The Hall–Kier alpha value is -3.93. The van der Waals surface area contributed by atoms with E-state index in [2.05, 4.69) is 0 Å². The Labute approximate surface area is 163 Å². The molecule has 0 aliphatic heterocycles. The fraction of sp³-hybridized carbons (Fsp3) is 0.0455. The fourth-order valence-corrected chi connectivity index (χ4v) is 3.43. The highest BCUT2D eigenvalue weighted by molar-refractivity contribution is 5.99. The first-order valence-corrected chi connectivity index (χ1v) is 8.62. The van der Waals surface area contributed by atoms with Crippen molar-refractivity contribution in [2.45, 2.75) is 5.41 Å². The molecule has 0 radical (unpaired) electrons. The smallest absolute Gasteiger partial charge is 0.237 e. The van der Waals surface area contributed by atoms with Crippen LogP contribution < -0.4 is 17.2 Å². The van der Waals surface area contributed by atoms with Crippen LogP contribution in [0.1, 0.15) is 27.8 Å². The number of hydrogen-bond donors (Lipinski definition) is 5. The predicted octanol–water partition coefficient (Wildman–Crippen LogP) is 2.07. The van der Waals surface area contributed by atoms with E-state index in [9.17, 15) is 4.79 Å². The van der Waals surface area contributed by atoms with E-state index in [-0.39, 0.29) is 11.7 Å². The molecule has 0 saturated heterocycles. The molecule has 0 heterocycles. The third kappa shape index (κ3) is 3.12. The molecule has 3 aromatic carbocycles. The van der Waals surface area contributed by atoms with Gasteiger partial charge >= 0.3 is 0 Å². The molecule has 140 valence electrons. The fourth-order valence-electron chi connectivity index (χ4n) is 3.43. The Morgan fingerprint density at radius 3 is 1.71 bits per heavy atom. The maximum Gasteiger partial charge on any atom is 0.237 e. The zero-order valence-corrected chi connectivity index (χ0v) is 15.1. The van der Waals surface area contributed by atoms with Crippen LogP contribution in [0.3, 0.4) is 0 Å². The van der Waals surface area contributed by atoms with Crippen LogP contribution in [0.25, 0.3) is 0 Å². The lowest BCUT2D eigenvalue weighted by Gasteiger charge is -2.33. The highest BCUT2D eigenvalue weighted by Gasteiger charge is 2.42. The van der Waals surface area contributed by atoms with Crippen LogP contribution in [-0.2, 0) is 10.2 Å². The lowest BCUT2D eigenvalue weighted by atomic mass is 9.68. The Kier molecular flexibility index (Phi) is 4.96. The summed E-state index contributed by atoms with van der Waals surface area (Å²) in [4.78, 5) is 13.0. The van der Waals surface area contributed by atoms with Gasteiger partial charge < -0.3 is 17.2 Å². The number of carbonyl (C=O) groups excluding carboxylic acids is 1. The minimum absolute atomic E-state index is 0.0606. The molecule has 1 atom stereocenters. The van der Waals surface area contributed by atoms with Crippen LogP contribution in [0.5, 0.6) is 0 Å². The monoisotopic (exact) mass is 371 g/mol. The van der Waals surface area contributed by atoms with Gasteiger partial charge in [-0.3, -0.25) is 15.6 Å². The second-order valence-electron chi connectivity index (χ2n) is 6.47. The number of amides is 1. The quantitative estimate of drug-likeness (QED) is 0.257. The van der Waals surface area contributed by atoms with E-state index >= 15 is 0 Å². The molecule has 28 heavy (non-hydrogen) atoms. The predicted molar refractivity (Wildman–Crippen MR) is 110 cm³/mol. The molecule has 6 heteroatoms. The van der Waals surface area contributed by atoms with Gasteiger partial charge in [0.25, 0.3) is 0 Å². The number of nitrogen functional groups attached to an aromatic ring is 2. The molecular weight excluding hydrogens is 350 g/mol. The van der Waals surface area contributed by atoms with Crippen molar-refractivity contribution < 1.29 is 4.79 Å². The van der Waals surface area contributed by atoms with Crippen LogP contribution in [0.4, 0.5) is 0 Å². The SMILES string of the molecule is N=C(N)c1ccc(C(C(N)=O)(c2ccccc2)c2cccc(C(=N)N)c2)cc1. The topological polar surface area (TPSA) is 143 Å². The summed E-state index contributed by atoms with van der Waals surface area (Å²) < 4.78 is 0. The molecule has 1 unspecified atom stereocenters. The Morgan fingerprint density at radius 1 is 0.643 bits per heavy atom. The Balaban J connectivity index is 2.36. The summed E-state index contributed by atoms with van der Waals surface area (Å²) in [5, 5.41) is 15.4. The van der Waals surface area contributed by atoms with E-state index in [0.29, 0.717) is 27.8 Å². The van der Waals surface area contributed by atoms with Crippen molar-refractivity contribution in [1.29, 1.82) is 10.8 Å². The van der Waals surface area contributed by atoms with E-state index in [1.54, 1.807) is 48.5 Å². The number of primary amides is 1. The van der Waals surface area contributed by atoms with Crippen LogP contribution in [0, 0.1) is 10.8 Å². The summed E-state index contributed by atoms with van der Waals surface area (Å²) in [6.45, 7) is 0. The third-order valence-corrected chi connectivity index (χ3v) is 4.81. The first-order chi connectivity index (χ1) is 13.4. The Bertz CT molecular complexity index is 1040. The molecule has 0 bridgehead atoms. The van der Waals surface area contributed by atoms with Gasteiger partial charge in [0.15, 0.2) is 0 Å². The second-order valence-corrected chi connectivity index (χ2v) is 6.47. The van der Waals surface area contributed by atoms with Crippen LogP contribution in [0.2, 0.25) is 0 Å². The number of hydrogen-bond acceptors (Lipinski definition) is 3. The van der Waals surface area contributed by atoms with Gasteiger partial charge in [-0.15, -0.1) is 0 Å². The van der Waals surface area contributed by atoms with Crippen LogP contribution in [-0.4, -0.2) is 17.6 Å². The molecule has 3 rings (SSSR count). The molecule has 0 aliphatic carbocycles. The normalized spacial score (nSPS) is 12.7. The number of nitrogens with one attached hydrogen (secondary N) is 2. The minimum atomic E-state index is -1.29. The number of rotatable bonds is 6. The van der Waals surface area contributed by atoms with E-state index in [4.69, 9.17) is 28.0 Å². The van der Waals surface area contributed by atoms with E-state index < -0.39 is 11.3 Å². The van der Waals surface area contributed by atoms with Crippen molar-refractivity contribution in [2.24, 2.45) is 17.2 Å². The molecule has 1 amide bonds.